The average Bonchev–Trinajstić information content (AvgIpc) is 2.37. The van der Waals surface area contributed by atoms with E-state index < -0.39 is 0 Å². The van der Waals surface area contributed by atoms with E-state index in [9.17, 15) is 4.79 Å². The SMILES string of the molecule is O=CC(Br)[C@@H]1CCCN1. The first-order valence-corrected chi connectivity index (χ1v) is 4.09. The third kappa shape index (κ3) is 1.76. The van der Waals surface area contributed by atoms with E-state index in [1.165, 1.54) is 6.42 Å². The van der Waals surface area contributed by atoms with E-state index in [0.717, 1.165) is 19.3 Å². The Morgan fingerprint density at radius 1 is 1.78 bits per heavy atom. The number of carbonyl (C=O) groups excluding carboxylic acids is 1. The number of rotatable bonds is 2. The lowest BCUT2D eigenvalue weighted by Gasteiger charge is -2.09. The maximum absolute atomic E-state index is 10.2. The van der Waals surface area contributed by atoms with Crippen LogP contribution in [-0.2, 0) is 4.79 Å². The lowest BCUT2D eigenvalue weighted by Crippen LogP contribution is -2.31. The fraction of sp³-hybridized carbons (Fsp3) is 0.833. The zero-order valence-electron chi connectivity index (χ0n) is 5.14. The third-order valence-electron chi connectivity index (χ3n) is 1.61. The van der Waals surface area contributed by atoms with Gasteiger partial charge in [-0.25, -0.2) is 0 Å². The van der Waals surface area contributed by atoms with Crippen LogP contribution in [0.4, 0.5) is 0 Å². The molecule has 0 aromatic heterocycles. The van der Waals surface area contributed by atoms with Crippen LogP contribution in [-0.4, -0.2) is 23.7 Å². The van der Waals surface area contributed by atoms with E-state index in [1.54, 1.807) is 0 Å². The van der Waals surface area contributed by atoms with E-state index in [1.807, 2.05) is 0 Å². The molecule has 0 amide bonds. The van der Waals surface area contributed by atoms with Crippen LogP contribution in [0, 0.1) is 0 Å². The molecule has 1 aliphatic heterocycles. The molecule has 0 aliphatic carbocycles. The van der Waals surface area contributed by atoms with Gasteiger partial charge in [0.15, 0.2) is 0 Å². The van der Waals surface area contributed by atoms with Crippen molar-refractivity contribution in [2.24, 2.45) is 0 Å². The smallest absolute Gasteiger partial charge is 0.135 e. The molecule has 0 saturated carbocycles. The van der Waals surface area contributed by atoms with Gasteiger partial charge in [-0.2, -0.15) is 0 Å². The second-order valence-electron chi connectivity index (χ2n) is 2.28. The molecule has 1 unspecified atom stereocenters. The molecule has 0 spiro atoms. The van der Waals surface area contributed by atoms with Gasteiger partial charge in [0.2, 0.25) is 0 Å². The maximum atomic E-state index is 10.2. The first-order chi connectivity index (χ1) is 4.34. The molecule has 1 heterocycles. The number of hydrogen-bond donors (Lipinski definition) is 1. The monoisotopic (exact) mass is 191 g/mol. The molecule has 2 atom stereocenters. The first-order valence-electron chi connectivity index (χ1n) is 3.17. The number of alkyl halides is 1. The van der Waals surface area contributed by atoms with Crippen molar-refractivity contribution in [3.63, 3.8) is 0 Å². The summed E-state index contributed by atoms with van der Waals surface area (Å²) in [5, 5.41) is 3.23. The van der Waals surface area contributed by atoms with Crippen molar-refractivity contribution in [1.29, 1.82) is 0 Å². The van der Waals surface area contributed by atoms with Gasteiger partial charge in [0.05, 0.1) is 4.83 Å². The molecule has 0 aromatic carbocycles. The van der Waals surface area contributed by atoms with Crippen LogP contribution in [0.3, 0.4) is 0 Å². The Morgan fingerprint density at radius 2 is 2.56 bits per heavy atom. The van der Waals surface area contributed by atoms with E-state index in [2.05, 4.69) is 21.2 Å². The molecule has 1 fully saturated rings. The summed E-state index contributed by atoms with van der Waals surface area (Å²) in [6.07, 6.45) is 3.26. The van der Waals surface area contributed by atoms with Gasteiger partial charge in [0.25, 0.3) is 0 Å². The molecule has 0 bridgehead atoms. The highest BCUT2D eigenvalue weighted by Crippen LogP contribution is 2.13. The molecule has 1 aliphatic rings. The van der Waals surface area contributed by atoms with E-state index in [-0.39, 0.29) is 4.83 Å². The van der Waals surface area contributed by atoms with Crippen LogP contribution in [0.25, 0.3) is 0 Å². The molecule has 9 heavy (non-hydrogen) atoms. The van der Waals surface area contributed by atoms with Gasteiger partial charge in [-0.05, 0) is 19.4 Å². The lowest BCUT2D eigenvalue weighted by atomic mass is 10.2. The molecule has 0 aromatic rings. The van der Waals surface area contributed by atoms with Crippen LogP contribution in [0.5, 0.6) is 0 Å². The van der Waals surface area contributed by atoms with Crippen LogP contribution in [0.15, 0.2) is 0 Å². The fourth-order valence-corrected chi connectivity index (χ4v) is 1.53. The van der Waals surface area contributed by atoms with Gasteiger partial charge in [0.1, 0.15) is 6.29 Å². The third-order valence-corrected chi connectivity index (χ3v) is 2.47. The van der Waals surface area contributed by atoms with E-state index in [0.29, 0.717) is 6.04 Å². The van der Waals surface area contributed by atoms with Gasteiger partial charge in [-0.1, -0.05) is 15.9 Å². The molecule has 3 heteroatoms. The normalized spacial score (nSPS) is 30.1. The lowest BCUT2D eigenvalue weighted by molar-refractivity contribution is -0.107. The molecule has 1 rings (SSSR count). The van der Waals surface area contributed by atoms with Crippen molar-refractivity contribution in [3.05, 3.63) is 0 Å². The van der Waals surface area contributed by atoms with Gasteiger partial charge in [-0.3, -0.25) is 0 Å². The second kappa shape index (κ2) is 3.32. The number of halogens is 1. The summed E-state index contributed by atoms with van der Waals surface area (Å²) in [4.78, 5) is 10.2. The summed E-state index contributed by atoms with van der Waals surface area (Å²) in [6, 6.07) is 0.377. The van der Waals surface area contributed by atoms with Crippen molar-refractivity contribution in [3.8, 4) is 0 Å². The summed E-state index contributed by atoms with van der Waals surface area (Å²) >= 11 is 3.27. The van der Waals surface area contributed by atoms with Gasteiger partial charge in [0, 0.05) is 6.04 Å². The Bertz CT molecular complexity index is 101. The Morgan fingerprint density at radius 3 is 3.00 bits per heavy atom. The minimum atomic E-state index is 0.0139. The van der Waals surface area contributed by atoms with Crippen LogP contribution >= 0.6 is 15.9 Å². The van der Waals surface area contributed by atoms with Crippen LogP contribution in [0.1, 0.15) is 12.8 Å². The average molecular weight is 192 g/mol. The van der Waals surface area contributed by atoms with Gasteiger partial charge >= 0.3 is 0 Å². The highest BCUT2D eigenvalue weighted by molar-refractivity contribution is 9.10. The Labute approximate surface area is 63.1 Å². The maximum Gasteiger partial charge on any atom is 0.135 e. The van der Waals surface area contributed by atoms with Crippen molar-refractivity contribution >= 4 is 22.2 Å². The van der Waals surface area contributed by atoms with Crippen molar-refractivity contribution in [2.45, 2.75) is 23.7 Å². The number of carbonyl (C=O) groups is 1. The highest BCUT2D eigenvalue weighted by atomic mass is 79.9. The Kier molecular flexibility index (Phi) is 2.66. The van der Waals surface area contributed by atoms with E-state index >= 15 is 0 Å². The molecular weight excluding hydrogens is 182 g/mol. The quantitative estimate of drug-likeness (QED) is 0.515. The Hall–Kier alpha value is 0.110. The predicted molar refractivity (Wildman–Crippen MR) is 39.8 cm³/mol. The van der Waals surface area contributed by atoms with Gasteiger partial charge in [-0.15, -0.1) is 0 Å². The molecule has 1 saturated heterocycles. The summed E-state index contributed by atoms with van der Waals surface area (Å²) in [7, 11) is 0. The zero-order valence-corrected chi connectivity index (χ0v) is 6.73. The largest absolute Gasteiger partial charge is 0.312 e. The summed E-state index contributed by atoms with van der Waals surface area (Å²) < 4.78 is 0. The molecule has 0 radical (unpaired) electrons. The van der Waals surface area contributed by atoms with Gasteiger partial charge < -0.3 is 10.1 Å². The number of nitrogens with one attached hydrogen (secondary N) is 1. The van der Waals surface area contributed by atoms with Crippen molar-refractivity contribution in [2.75, 3.05) is 6.54 Å². The number of hydrogen-bond acceptors (Lipinski definition) is 2. The van der Waals surface area contributed by atoms with Crippen LogP contribution < -0.4 is 5.32 Å². The minimum absolute atomic E-state index is 0.0139. The highest BCUT2D eigenvalue weighted by Gasteiger charge is 2.20. The topological polar surface area (TPSA) is 29.1 Å². The molecular formula is C6H10BrNO. The van der Waals surface area contributed by atoms with E-state index in [4.69, 9.17) is 0 Å². The summed E-state index contributed by atoms with van der Waals surface area (Å²) in [5.41, 5.74) is 0. The molecule has 2 nitrogen and oxygen atoms in total. The first kappa shape index (κ1) is 7.22. The summed E-state index contributed by atoms with van der Waals surface area (Å²) in [6.45, 7) is 1.06. The zero-order chi connectivity index (χ0) is 6.69. The van der Waals surface area contributed by atoms with Crippen LogP contribution in [0.2, 0.25) is 0 Å². The van der Waals surface area contributed by atoms with Crippen molar-refractivity contribution < 1.29 is 4.79 Å². The fourth-order valence-electron chi connectivity index (χ4n) is 1.08. The predicted octanol–water partition coefficient (Wildman–Crippen LogP) is 0.701. The van der Waals surface area contributed by atoms with Crippen molar-refractivity contribution in [1.82, 2.24) is 5.32 Å². The Balaban J connectivity index is 2.32. The molecule has 1 N–H and O–H groups in total. The minimum Gasteiger partial charge on any atom is -0.312 e. The molecule has 52 valence electrons. The second-order valence-corrected chi connectivity index (χ2v) is 3.34. The number of aldehydes is 1. The summed E-state index contributed by atoms with van der Waals surface area (Å²) in [5.74, 6) is 0. The standard InChI is InChI=1S/C6H10BrNO/c7-5(4-9)6-2-1-3-8-6/h4-6,8H,1-3H2/t5?,6-/m0/s1.